The lowest BCUT2D eigenvalue weighted by Gasteiger charge is -1.97. The van der Waals surface area contributed by atoms with Crippen LogP contribution in [-0.2, 0) is 0 Å². The Kier molecular flexibility index (Phi) is 2.55. The van der Waals surface area contributed by atoms with E-state index in [1.165, 1.54) is 10.4 Å². The first-order valence-electron chi connectivity index (χ1n) is 3.79. The lowest BCUT2D eigenvalue weighted by Crippen LogP contribution is -1.78. The third-order valence-corrected chi connectivity index (χ3v) is 3.14. The summed E-state index contributed by atoms with van der Waals surface area (Å²) in [7, 11) is 1.73. The van der Waals surface area contributed by atoms with E-state index < -0.39 is 0 Å². The molecule has 0 aromatic carbocycles. The molecule has 0 atom stereocenters. The van der Waals surface area contributed by atoms with Crippen LogP contribution in [0.4, 0.5) is 0 Å². The van der Waals surface area contributed by atoms with E-state index in [0.29, 0.717) is 5.92 Å². The number of hydrogen-bond acceptors (Lipinski definition) is 2. The Morgan fingerprint density at radius 1 is 1.45 bits per heavy atom. The fourth-order valence-electron chi connectivity index (χ4n) is 0.976. The molecule has 0 aliphatic rings. The first-order valence-corrected chi connectivity index (χ1v) is 4.61. The van der Waals surface area contributed by atoms with E-state index in [0.717, 1.165) is 5.06 Å². The third kappa shape index (κ3) is 1.74. The molecule has 1 aromatic rings. The molecular formula is C9H14OS. The van der Waals surface area contributed by atoms with Crippen molar-refractivity contribution in [3.05, 3.63) is 16.5 Å². The average molecular weight is 170 g/mol. The van der Waals surface area contributed by atoms with Crippen molar-refractivity contribution >= 4 is 11.3 Å². The lowest BCUT2D eigenvalue weighted by atomic mass is 10.1. The van der Waals surface area contributed by atoms with Gasteiger partial charge in [0.1, 0.15) is 0 Å². The summed E-state index contributed by atoms with van der Waals surface area (Å²) in [5.74, 6) is 0.614. The van der Waals surface area contributed by atoms with Gasteiger partial charge in [0.25, 0.3) is 0 Å². The Hall–Kier alpha value is -0.500. The molecule has 0 radical (unpaired) electrons. The van der Waals surface area contributed by atoms with E-state index in [2.05, 4.69) is 26.8 Å². The van der Waals surface area contributed by atoms with Crippen molar-refractivity contribution in [2.75, 3.05) is 7.11 Å². The average Bonchev–Trinajstić information content (AvgIpc) is 2.31. The number of aryl methyl sites for hydroxylation is 1. The maximum absolute atomic E-state index is 5.19. The second kappa shape index (κ2) is 3.26. The molecule has 0 unspecified atom stereocenters. The molecule has 2 heteroatoms. The molecule has 0 saturated carbocycles. The highest BCUT2D eigenvalue weighted by atomic mass is 32.1. The molecule has 1 aromatic heterocycles. The van der Waals surface area contributed by atoms with Gasteiger partial charge in [0.15, 0.2) is 5.06 Å². The van der Waals surface area contributed by atoms with Gasteiger partial charge in [-0.05, 0) is 18.9 Å². The van der Waals surface area contributed by atoms with Crippen LogP contribution in [-0.4, -0.2) is 7.11 Å². The number of ether oxygens (including phenoxy) is 1. The summed E-state index contributed by atoms with van der Waals surface area (Å²) in [5.41, 5.74) is 1.25. The number of thiophene rings is 1. The minimum atomic E-state index is 0.614. The van der Waals surface area contributed by atoms with Gasteiger partial charge in [-0.15, -0.1) is 11.3 Å². The van der Waals surface area contributed by atoms with Crippen LogP contribution >= 0.6 is 11.3 Å². The standard InChI is InChI=1S/C9H14OS/c1-6(2)8-5-7(3)9(10-4)11-8/h5-6H,1-4H3. The molecule has 62 valence electrons. The number of rotatable bonds is 2. The Balaban J connectivity index is 2.95. The zero-order valence-electron chi connectivity index (χ0n) is 7.47. The largest absolute Gasteiger partial charge is 0.487 e. The highest BCUT2D eigenvalue weighted by Gasteiger charge is 2.07. The molecule has 1 nitrogen and oxygen atoms in total. The number of hydrogen-bond donors (Lipinski definition) is 0. The third-order valence-electron chi connectivity index (χ3n) is 1.65. The molecule has 0 aliphatic heterocycles. The Labute approximate surface area is 72.0 Å². The monoisotopic (exact) mass is 170 g/mol. The van der Waals surface area contributed by atoms with Crippen molar-refractivity contribution in [2.45, 2.75) is 26.7 Å². The molecule has 0 aliphatic carbocycles. The predicted molar refractivity (Wildman–Crippen MR) is 49.7 cm³/mol. The maximum atomic E-state index is 5.19. The second-order valence-electron chi connectivity index (χ2n) is 2.98. The van der Waals surface area contributed by atoms with Crippen molar-refractivity contribution in [1.29, 1.82) is 0 Å². The van der Waals surface area contributed by atoms with Gasteiger partial charge < -0.3 is 4.74 Å². The van der Waals surface area contributed by atoms with E-state index in [-0.39, 0.29) is 0 Å². The molecule has 0 fully saturated rings. The van der Waals surface area contributed by atoms with Crippen molar-refractivity contribution in [3.63, 3.8) is 0 Å². The molecule has 0 saturated heterocycles. The maximum Gasteiger partial charge on any atom is 0.176 e. The topological polar surface area (TPSA) is 9.23 Å². The van der Waals surface area contributed by atoms with Crippen LogP contribution in [0.2, 0.25) is 0 Å². The summed E-state index contributed by atoms with van der Waals surface area (Å²) in [5, 5.41) is 1.05. The van der Waals surface area contributed by atoms with Gasteiger partial charge in [0.05, 0.1) is 7.11 Å². The minimum Gasteiger partial charge on any atom is -0.487 e. The lowest BCUT2D eigenvalue weighted by molar-refractivity contribution is 0.424. The zero-order chi connectivity index (χ0) is 8.43. The van der Waals surface area contributed by atoms with Gasteiger partial charge in [-0.2, -0.15) is 0 Å². The van der Waals surface area contributed by atoms with Crippen molar-refractivity contribution < 1.29 is 4.74 Å². The van der Waals surface area contributed by atoms with E-state index in [1.54, 1.807) is 18.4 Å². The summed E-state index contributed by atoms with van der Waals surface area (Å²) in [6.07, 6.45) is 0. The van der Waals surface area contributed by atoms with Gasteiger partial charge in [0.2, 0.25) is 0 Å². The zero-order valence-corrected chi connectivity index (χ0v) is 8.29. The van der Waals surface area contributed by atoms with Crippen molar-refractivity contribution in [2.24, 2.45) is 0 Å². The molecule has 0 bridgehead atoms. The first kappa shape index (κ1) is 8.60. The van der Waals surface area contributed by atoms with Gasteiger partial charge >= 0.3 is 0 Å². The van der Waals surface area contributed by atoms with E-state index in [4.69, 9.17) is 4.74 Å². The Morgan fingerprint density at radius 3 is 2.36 bits per heavy atom. The highest BCUT2D eigenvalue weighted by molar-refractivity contribution is 7.14. The molecule has 0 amide bonds. The van der Waals surface area contributed by atoms with Crippen LogP contribution in [0.25, 0.3) is 0 Å². The summed E-state index contributed by atoms with van der Waals surface area (Å²) in [6, 6.07) is 2.20. The predicted octanol–water partition coefficient (Wildman–Crippen LogP) is 3.19. The number of methoxy groups -OCH3 is 1. The summed E-state index contributed by atoms with van der Waals surface area (Å²) in [6.45, 7) is 6.48. The van der Waals surface area contributed by atoms with Crippen LogP contribution < -0.4 is 4.74 Å². The van der Waals surface area contributed by atoms with Crippen molar-refractivity contribution in [1.82, 2.24) is 0 Å². The first-order chi connectivity index (χ1) is 5.15. The van der Waals surface area contributed by atoms with Crippen LogP contribution in [0.3, 0.4) is 0 Å². The van der Waals surface area contributed by atoms with Crippen LogP contribution in [0.5, 0.6) is 5.06 Å². The summed E-state index contributed by atoms with van der Waals surface area (Å²) in [4.78, 5) is 1.40. The molecular weight excluding hydrogens is 156 g/mol. The molecule has 1 rings (SSSR count). The second-order valence-corrected chi connectivity index (χ2v) is 4.02. The van der Waals surface area contributed by atoms with Gasteiger partial charge in [-0.3, -0.25) is 0 Å². The van der Waals surface area contributed by atoms with Gasteiger partial charge in [-0.25, -0.2) is 0 Å². The highest BCUT2D eigenvalue weighted by Crippen LogP contribution is 2.33. The molecule has 1 heterocycles. The summed E-state index contributed by atoms with van der Waals surface area (Å²) < 4.78 is 5.19. The molecule has 0 spiro atoms. The smallest absolute Gasteiger partial charge is 0.176 e. The van der Waals surface area contributed by atoms with Crippen molar-refractivity contribution in [3.8, 4) is 5.06 Å². The fourth-order valence-corrected chi connectivity index (χ4v) is 1.97. The van der Waals surface area contributed by atoms with E-state index in [9.17, 15) is 0 Å². The molecule has 0 N–H and O–H groups in total. The van der Waals surface area contributed by atoms with Crippen LogP contribution in [0, 0.1) is 6.92 Å². The minimum absolute atomic E-state index is 0.614. The van der Waals surface area contributed by atoms with E-state index >= 15 is 0 Å². The van der Waals surface area contributed by atoms with Gasteiger partial charge in [0, 0.05) is 10.4 Å². The SMILES string of the molecule is COc1sc(C(C)C)cc1C. The summed E-state index contributed by atoms with van der Waals surface area (Å²) >= 11 is 1.75. The van der Waals surface area contributed by atoms with Gasteiger partial charge in [-0.1, -0.05) is 13.8 Å². The fraction of sp³-hybridized carbons (Fsp3) is 0.556. The normalized spacial score (nSPS) is 10.6. The quantitative estimate of drug-likeness (QED) is 0.662. The Bertz CT molecular complexity index is 238. The van der Waals surface area contributed by atoms with Crippen LogP contribution in [0.15, 0.2) is 6.07 Å². The van der Waals surface area contributed by atoms with Crippen LogP contribution in [0.1, 0.15) is 30.2 Å². The Morgan fingerprint density at radius 2 is 2.09 bits per heavy atom. The van der Waals surface area contributed by atoms with E-state index in [1.807, 2.05) is 0 Å². The molecule has 11 heavy (non-hydrogen) atoms.